The van der Waals surface area contributed by atoms with Crippen LogP contribution in [-0.4, -0.2) is 20.3 Å². The zero-order valence-corrected chi connectivity index (χ0v) is 13.9. The third kappa shape index (κ3) is 4.23. The van der Waals surface area contributed by atoms with Crippen molar-refractivity contribution in [3.8, 4) is 11.5 Å². The van der Waals surface area contributed by atoms with E-state index in [0.717, 1.165) is 22.7 Å². The van der Waals surface area contributed by atoms with Gasteiger partial charge in [-0.3, -0.25) is 4.99 Å². The van der Waals surface area contributed by atoms with E-state index in [1.54, 1.807) is 0 Å². The summed E-state index contributed by atoms with van der Waals surface area (Å²) < 4.78 is 5.83. The molecule has 120 valence electrons. The smallest absolute Gasteiger partial charge is 0.129 e. The maximum atomic E-state index is 5.83. The van der Waals surface area contributed by atoms with E-state index in [1.165, 1.54) is 5.69 Å². The summed E-state index contributed by atoms with van der Waals surface area (Å²) in [6.07, 6.45) is 1.86. The van der Waals surface area contributed by atoms with E-state index < -0.39 is 0 Å². The van der Waals surface area contributed by atoms with Crippen LogP contribution in [0.5, 0.6) is 11.5 Å². The van der Waals surface area contributed by atoms with Crippen LogP contribution < -0.4 is 9.64 Å². The second-order valence-corrected chi connectivity index (χ2v) is 5.66. The number of hydrogen-bond acceptors (Lipinski definition) is 3. The van der Waals surface area contributed by atoms with Gasteiger partial charge in [-0.15, -0.1) is 0 Å². The Morgan fingerprint density at radius 3 is 2.21 bits per heavy atom. The van der Waals surface area contributed by atoms with E-state index in [0.29, 0.717) is 0 Å². The summed E-state index contributed by atoms with van der Waals surface area (Å²) in [5, 5.41) is 0. The molecule has 3 aromatic carbocycles. The van der Waals surface area contributed by atoms with Gasteiger partial charge < -0.3 is 9.64 Å². The van der Waals surface area contributed by atoms with Crippen molar-refractivity contribution in [3.63, 3.8) is 0 Å². The van der Waals surface area contributed by atoms with Crippen molar-refractivity contribution in [1.82, 2.24) is 0 Å². The van der Waals surface area contributed by atoms with Crippen LogP contribution in [0.3, 0.4) is 0 Å². The Kier molecular flexibility index (Phi) is 4.92. The fourth-order valence-corrected chi connectivity index (χ4v) is 2.26. The van der Waals surface area contributed by atoms with Gasteiger partial charge in [-0.05, 0) is 42.0 Å². The molecule has 3 rings (SSSR count). The summed E-state index contributed by atoms with van der Waals surface area (Å²) >= 11 is 0. The molecule has 0 aromatic heterocycles. The number of anilines is 1. The maximum Gasteiger partial charge on any atom is 0.129 e. The van der Waals surface area contributed by atoms with Gasteiger partial charge in [0.2, 0.25) is 0 Å². The van der Waals surface area contributed by atoms with Crippen LogP contribution in [0.1, 0.15) is 5.56 Å². The lowest BCUT2D eigenvalue weighted by molar-refractivity contribution is 0.483. The molecule has 0 fully saturated rings. The molecule has 0 heterocycles. The SMILES string of the molecule is CN(C)c1ccc(C=Nc2cccc(Oc3ccccc3)c2)cc1. The molecular formula is C21H20N2O. The molecule has 0 saturated carbocycles. The van der Waals surface area contributed by atoms with Crippen molar-refractivity contribution in [2.75, 3.05) is 19.0 Å². The van der Waals surface area contributed by atoms with Crippen molar-refractivity contribution in [3.05, 3.63) is 84.4 Å². The lowest BCUT2D eigenvalue weighted by Crippen LogP contribution is -2.08. The summed E-state index contributed by atoms with van der Waals surface area (Å²) in [6.45, 7) is 0. The molecule has 0 saturated heterocycles. The summed E-state index contributed by atoms with van der Waals surface area (Å²) in [5.74, 6) is 1.59. The number of hydrogen-bond donors (Lipinski definition) is 0. The standard InChI is InChI=1S/C21H20N2O/c1-23(2)19-13-11-17(12-14-19)16-22-18-7-6-10-21(15-18)24-20-8-4-3-5-9-20/h3-16H,1-2H3. The Hall–Kier alpha value is -3.07. The van der Waals surface area contributed by atoms with E-state index in [-0.39, 0.29) is 0 Å². The highest BCUT2D eigenvalue weighted by molar-refractivity contribution is 5.82. The first-order chi connectivity index (χ1) is 11.7. The highest BCUT2D eigenvalue weighted by Gasteiger charge is 1.98. The molecule has 0 aliphatic heterocycles. The minimum Gasteiger partial charge on any atom is -0.457 e. The van der Waals surface area contributed by atoms with Crippen molar-refractivity contribution in [1.29, 1.82) is 0 Å². The van der Waals surface area contributed by atoms with E-state index >= 15 is 0 Å². The highest BCUT2D eigenvalue weighted by atomic mass is 16.5. The number of para-hydroxylation sites is 1. The van der Waals surface area contributed by atoms with Gasteiger partial charge in [0, 0.05) is 32.1 Å². The van der Waals surface area contributed by atoms with Crippen molar-refractivity contribution in [2.45, 2.75) is 0 Å². The highest BCUT2D eigenvalue weighted by Crippen LogP contribution is 2.25. The van der Waals surface area contributed by atoms with Crippen LogP contribution in [0.25, 0.3) is 0 Å². The quantitative estimate of drug-likeness (QED) is 0.597. The first-order valence-electron chi connectivity index (χ1n) is 7.85. The summed E-state index contributed by atoms with van der Waals surface area (Å²) in [5.41, 5.74) is 3.10. The van der Waals surface area contributed by atoms with E-state index in [1.807, 2.05) is 74.9 Å². The fourth-order valence-electron chi connectivity index (χ4n) is 2.26. The van der Waals surface area contributed by atoms with Crippen molar-refractivity contribution in [2.24, 2.45) is 4.99 Å². The van der Waals surface area contributed by atoms with Gasteiger partial charge >= 0.3 is 0 Å². The molecule has 0 bridgehead atoms. The molecular weight excluding hydrogens is 296 g/mol. The average molecular weight is 316 g/mol. The molecule has 0 aliphatic carbocycles. The van der Waals surface area contributed by atoms with Crippen LogP contribution >= 0.6 is 0 Å². The van der Waals surface area contributed by atoms with Gasteiger partial charge in [0.15, 0.2) is 0 Å². The van der Waals surface area contributed by atoms with E-state index in [9.17, 15) is 0 Å². The Bertz CT molecular complexity index is 809. The third-order valence-electron chi connectivity index (χ3n) is 3.57. The van der Waals surface area contributed by atoms with Gasteiger partial charge in [-0.1, -0.05) is 36.4 Å². The molecule has 0 aliphatic rings. The Balaban J connectivity index is 1.72. The van der Waals surface area contributed by atoms with Gasteiger partial charge in [-0.25, -0.2) is 0 Å². The minimum absolute atomic E-state index is 0.777. The summed E-state index contributed by atoms with van der Waals surface area (Å²) in [6, 6.07) is 25.8. The number of aliphatic imine (C=N–C) groups is 1. The molecule has 0 unspecified atom stereocenters. The third-order valence-corrected chi connectivity index (χ3v) is 3.57. The molecule has 3 aromatic rings. The monoisotopic (exact) mass is 316 g/mol. The zero-order chi connectivity index (χ0) is 16.8. The molecule has 0 N–H and O–H groups in total. The predicted octanol–water partition coefficient (Wildman–Crippen LogP) is 5.30. The fraction of sp³-hybridized carbons (Fsp3) is 0.0952. The minimum atomic E-state index is 0.777. The predicted molar refractivity (Wildman–Crippen MR) is 101 cm³/mol. The molecule has 0 amide bonds. The van der Waals surface area contributed by atoms with Gasteiger partial charge in [0.1, 0.15) is 11.5 Å². The first-order valence-corrected chi connectivity index (χ1v) is 7.85. The normalized spacial score (nSPS) is 10.8. The number of nitrogens with zero attached hydrogens (tertiary/aromatic N) is 2. The summed E-state index contributed by atoms with van der Waals surface area (Å²) in [7, 11) is 4.06. The topological polar surface area (TPSA) is 24.8 Å². The van der Waals surface area contributed by atoms with Crippen molar-refractivity contribution < 1.29 is 4.74 Å². The zero-order valence-electron chi connectivity index (χ0n) is 13.9. The molecule has 0 radical (unpaired) electrons. The van der Waals surface area contributed by atoms with Crippen LogP contribution in [0, 0.1) is 0 Å². The second-order valence-electron chi connectivity index (χ2n) is 5.66. The van der Waals surface area contributed by atoms with Crippen LogP contribution in [0.15, 0.2) is 83.9 Å². The lowest BCUT2D eigenvalue weighted by Gasteiger charge is -2.11. The second kappa shape index (κ2) is 7.47. The van der Waals surface area contributed by atoms with Crippen molar-refractivity contribution >= 4 is 17.6 Å². The Morgan fingerprint density at radius 1 is 0.792 bits per heavy atom. The molecule has 24 heavy (non-hydrogen) atoms. The largest absolute Gasteiger partial charge is 0.457 e. The van der Waals surface area contributed by atoms with E-state index in [4.69, 9.17) is 4.74 Å². The number of benzene rings is 3. The molecule has 0 spiro atoms. The molecule has 0 atom stereocenters. The Labute approximate surface area is 142 Å². The van der Waals surface area contributed by atoms with Gasteiger partial charge in [0.05, 0.1) is 5.69 Å². The van der Waals surface area contributed by atoms with Crippen LogP contribution in [0.4, 0.5) is 11.4 Å². The lowest BCUT2D eigenvalue weighted by atomic mass is 10.2. The Morgan fingerprint density at radius 2 is 1.50 bits per heavy atom. The maximum absolute atomic E-state index is 5.83. The van der Waals surface area contributed by atoms with E-state index in [2.05, 4.69) is 34.2 Å². The summed E-state index contributed by atoms with van der Waals surface area (Å²) in [4.78, 5) is 6.61. The number of ether oxygens (including phenoxy) is 1. The molecule has 3 heteroatoms. The van der Waals surface area contributed by atoms with Gasteiger partial charge in [-0.2, -0.15) is 0 Å². The molecule has 3 nitrogen and oxygen atoms in total. The average Bonchev–Trinajstić information content (AvgIpc) is 2.61. The van der Waals surface area contributed by atoms with Crippen LogP contribution in [-0.2, 0) is 0 Å². The van der Waals surface area contributed by atoms with Crippen LogP contribution in [0.2, 0.25) is 0 Å². The number of rotatable bonds is 5. The first kappa shape index (κ1) is 15.8. The van der Waals surface area contributed by atoms with Gasteiger partial charge in [0.25, 0.3) is 0 Å².